The predicted octanol–water partition coefficient (Wildman–Crippen LogP) is 1.62. The van der Waals surface area contributed by atoms with Crippen LogP contribution in [0.3, 0.4) is 0 Å². The van der Waals surface area contributed by atoms with Gasteiger partial charge < -0.3 is 0 Å². The fourth-order valence-electron chi connectivity index (χ4n) is 0. The van der Waals surface area contributed by atoms with Gasteiger partial charge in [0.15, 0.2) is 0 Å². The summed E-state index contributed by atoms with van der Waals surface area (Å²) in [5.41, 5.74) is 0.582. The van der Waals surface area contributed by atoms with Gasteiger partial charge >= 0.3 is 53.1 Å². The first kappa shape index (κ1) is 6.80. The van der Waals surface area contributed by atoms with Gasteiger partial charge in [0.1, 0.15) is 0 Å². The molecule has 0 spiro atoms. The molecule has 6 heavy (non-hydrogen) atoms. The molecular weight excluding hydrogens is 179 g/mol. The van der Waals surface area contributed by atoms with Gasteiger partial charge in [-0.1, -0.05) is 0 Å². The molecule has 1 heteroatoms. The normalized spacial score (nSPS) is 12.0. The Bertz CT molecular complexity index is 33.7. The van der Waals surface area contributed by atoms with Crippen molar-refractivity contribution in [1.29, 1.82) is 0 Å². The fourth-order valence-corrected chi connectivity index (χ4v) is 0. The molecule has 35 valence electrons. The van der Waals surface area contributed by atoms with E-state index in [2.05, 4.69) is 20.8 Å². The molecule has 0 rings (SSSR count). The van der Waals surface area contributed by atoms with Crippen LogP contribution in [0.4, 0.5) is 0 Å². The quantitative estimate of drug-likeness (QED) is 0.509. The molecule has 0 amide bonds. The molecule has 0 bridgehead atoms. The van der Waals surface area contributed by atoms with Crippen LogP contribution >= 0.6 is 0 Å². The molecule has 0 N–H and O–H groups in total. The maximum absolute atomic E-state index is 2.27. The molecule has 0 aliphatic heterocycles. The molecule has 0 aromatic heterocycles. The van der Waals surface area contributed by atoms with Crippen LogP contribution in [0.5, 0.6) is 0 Å². The van der Waals surface area contributed by atoms with Crippen molar-refractivity contribution in [3.05, 3.63) is 0 Å². The summed E-state index contributed by atoms with van der Waals surface area (Å²) in [4.78, 5) is 0. The van der Waals surface area contributed by atoms with Crippen LogP contribution in [-0.4, -0.2) is 22.5 Å². The van der Waals surface area contributed by atoms with Gasteiger partial charge in [-0.15, -0.1) is 0 Å². The molecule has 0 aromatic carbocycles. The molecule has 0 saturated heterocycles. The molecular formula is C5H11Sn. The van der Waals surface area contributed by atoms with Gasteiger partial charge in [-0.3, -0.25) is 0 Å². The van der Waals surface area contributed by atoms with E-state index < -0.39 is 0 Å². The zero-order chi connectivity index (χ0) is 5.21. The van der Waals surface area contributed by atoms with Crippen molar-refractivity contribution in [3.63, 3.8) is 0 Å². The van der Waals surface area contributed by atoms with Crippen LogP contribution in [0, 0.1) is 5.41 Å². The topological polar surface area (TPSA) is 0 Å². The molecule has 3 radical (unpaired) electrons. The third-order valence-electron chi connectivity index (χ3n) is 0.530. The Morgan fingerprint density at radius 3 is 1.50 bits per heavy atom. The van der Waals surface area contributed by atoms with E-state index in [1.54, 1.807) is 22.5 Å². The predicted molar refractivity (Wildman–Crippen MR) is 30.0 cm³/mol. The number of hydrogen-bond acceptors (Lipinski definition) is 0. The van der Waals surface area contributed by atoms with E-state index in [-0.39, 0.29) is 0 Å². The molecule has 0 unspecified atom stereocenters. The Labute approximate surface area is 53.4 Å². The summed E-state index contributed by atoms with van der Waals surface area (Å²) in [7, 11) is 0. The summed E-state index contributed by atoms with van der Waals surface area (Å²) in [5.74, 6) is 0. The second-order valence-electron chi connectivity index (χ2n) is 2.74. The molecule has 0 aromatic rings. The third kappa shape index (κ3) is 4.80. The Morgan fingerprint density at radius 1 is 1.33 bits per heavy atom. The maximum atomic E-state index is 2.27. The van der Waals surface area contributed by atoms with Crippen molar-refractivity contribution in [2.75, 3.05) is 0 Å². The first-order chi connectivity index (χ1) is 2.56. The Kier molecular flexibility index (Phi) is 2.49. The van der Waals surface area contributed by atoms with Crippen molar-refractivity contribution in [2.45, 2.75) is 25.2 Å². The number of rotatable bonds is 0. The third-order valence-corrected chi connectivity index (χ3v) is 3.56. The average Bonchev–Trinajstić information content (AvgIpc) is 1.35. The monoisotopic (exact) mass is 191 g/mol. The number of hydrogen-bond donors (Lipinski definition) is 0. The van der Waals surface area contributed by atoms with E-state index in [9.17, 15) is 0 Å². The van der Waals surface area contributed by atoms with Crippen LogP contribution in [0.2, 0.25) is 4.44 Å². The summed E-state index contributed by atoms with van der Waals surface area (Å²) in [5, 5.41) is 0. The van der Waals surface area contributed by atoms with E-state index in [0.29, 0.717) is 5.41 Å². The molecule has 0 saturated carbocycles. The SMILES string of the molecule is CC(C)(C)[CH2][Sn]. The van der Waals surface area contributed by atoms with Crippen LogP contribution in [0.15, 0.2) is 0 Å². The Hall–Kier alpha value is 0.799. The van der Waals surface area contributed by atoms with Crippen LogP contribution in [0.25, 0.3) is 0 Å². The van der Waals surface area contributed by atoms with Gasteiger partial charge in [0.25, 0.3) is 0 Å². The van der Waals surface area contributed by atoms with E-state index >= 15 is 0 Å². The second kappa shape index (κ2) is 2.20. The van der Waals surface area contributed by atoms with Gasteiger partial charge in [-0.05, 0) is 0 Å². The summed E-state index contributed by atoms with van der Waals surface area (Å²) in [6.45, 7) is 6.80. The van der Waals surface area contributed by atoms with Crippen LogP contribution in [-0.2, 0) is 0 Å². The van der Waals surface area contributed by atoms with Crippen molar-refractivity contribution in [3.8, 4) is 0 Å². The Balaban J connectivity index is 3.17. The van der Waals surface area contributed by atoms with Crippen molar-refractivity contribution >= 4 is 22.5 Å². The van der Waals surface area contributed by atoms with E-state index in [1.807, 2.05) is 0 Å². The molecule has 0 fully saturated rings. The standard InChI is InChI=1S/C5H11.Sn/c1-5(2,3)4;/h1H2,2-4H3;. The summed E-state index contributed by atoms with van der Waals surface area (Å²) in [6.07, 6.45) is 0. The van der Waals surface area contributed by atoms with Gasteiger partial charge in [0.05, 0.1) is 0 Å². The molecule has 0 heterocycles. The van der Waals surface area contributed by atoms with Crippen molar-refractivity contribution in [1.82, 2.24) is 0 Å². The molecule has 0 aliphatic carbocycles. The Morgan fingerprint density at radius 2 is 1.50 bits per heavy atom. The fraction of sp³-hybridized carbons (Fsp3) is 1.00. The van der Waals surface area contributed by atoms with Crippen LogP contribution < -0.4 is 0 Å². The second-order valence-corrected chi connectivity index (χ2v) is 3.75. The first-order valence-electron chi connectivity index (χ1n) is 2.21. The molecule has 0 aliphatic rings. The van der Waals surface area contributed by atoms with Crippen molar-refractivity contribution in [2.24, 2.45) is 5.41 Å². The molecule has 0 atom stereocenters. The summed E-state index contributed by atoms with van der Waals surface area (Å²) < 4.78 is 1.36. The van der Waals surface area contributed by atoms with Crippen molar-refractivity contribution < 1.29 is 0 Å². The molecule has 0 nitrogen and oxygen atoms in total. The zero-order valence-corrected chi connectivity index (χ0v) is 7.56. The van der Waals surface area contributed by atoms with E-state index in [0.717, 1.165) is 0 Å². The van der Waals surface area contributed by atoms with E-state index in [1.165, 1.54) is 4.44 Å². The zero-order valence-electron chi connectivity index (χ0n) is 4.71. The first-order valence-corrected chi connectivity index (χ1v) is 4.23. The van der Waals surface area contributed by atoms with Gasteiger partial charge in [-0.2, -0.15) is 0 Å². The van der Waals surface area contributed by atoms with Gasteiger partial charge in [0.2, 0.25) is 0 Å². The van der Waals surface area contributed by atoms with Gasteiger partial charge in [0, 0.05) is 0 Å². The minimum absolute atomic E-state index is 0.582. The minimum atomic E-state index is 0.582. The van der Waals surface area contributed by atoms with Gasteiger partial charge in [-0.25, -0.2) is 0 Å². The summed E-state index contributed by atoms with van der Waals surface area (Å²) >= 11 is 1.65. The average molecular weight is 190 g/mol. The van der Waals surface area contributed by atoms with E-state index in [4.69, 9.17) is 0 Å². The van der Waals surface area contributed by atoms with Crippen LogP contribution in [0.1, 0.15) is 20.8 Å². The summed E-state index contributed by atoms with van der Waals surface area (Å²) in [6, 6.07) is 0.